The van der Waals surface area contributed by atoms with Crippen molar-refractivity contribution in [2.24, 2.45) is 0 Å². The van der Waals surface area contributed by atoms with Crippen LogP contribution in [0.4, 0.5) is 15.8 Å². The van der Waals surface area contributed by atoms with Crippen LogP contribution in [-0.2, 0) is 4.74 Å². The third-order valence-electron chi connectivity index (χ3n) is 6.06. The first-order valence-electron chi connectivity index (χ1n) is 11.0. The van der Waals surface area contributed by atoms with E-state index in [2.05, 4.69) is 20.6 Å². The third kappa shape index (κ3) is 4.05. The third-order valence-corrected chi connectivity index (χ3v) is 6.36. The molecule has 0 spiro atoms. The minimum Gasteiger partial charge on any atom is -0.493 e. The molecule has 8 nitrogen and oxygen atoms in total. The number of ether oxygens (including phenoxy) is 3. The zero-order valence-electron chi connectivity index (χ0n) is 18.5. The van der Waals surface area contributed by atoms with E-state index in [4.69, 9.17) is 25.8 Å². The second kappa shape index (κ2) is 9.52. The highest BCUT2D eigenvalue weighted by Crippen LogP contribution is 2.44. The Morgan fingerprint density at radius 3 is 2.94 bits per heavy atom. The number of methoxy groups -OCH3 is 1. The van der Waals surface area contributed by atoms with Crippen molar-refractivity contribution >= 4 is 28.9 Å². The number of carbonyl (C=O) groups is 1. The van der Waals surface area contributed by atoms with Crippen LogP contribution < -0.4 is 20.1 Å². The van der Waals surface area contributed by atoms with Gasteiger partial charge in [-0.15, -0.1) is 0 Å². The number of para-hydroxylation sites is 1. The van der Waals surface area contributed by atoms with Crippen LogP contribution in [0, 0.1) is 0 Å². The van der Waals surface area contributed by atoms with Crippen LogP contribution in [-0.4, -0.2) is 55.5 Å². The summed E-state index contributed by atoms with van der Waals surface area (Å²) in [6.07, 6.45) is 4.23. The first-order valence-corrected chi connectivity index (χ1v) is 11.4. The molecule has 1 saturated heterocycles. The molecule has 0 radical (unpaired) electrons. The van der Waals surface area contributed by atoms with Crippen LogP contribution in [0.25, 0.3) is 11.3 Å². The number of nitrogens with one attached hydrogen (secondary N) is 3. The largest absolute Gasteiger partial charge is 0.493 e. The SMILES string of the molecule is COc1c(Cl)cccc1Nc1c(-c2ccncc2OC[C@H]2CCO2)[nH]c2c1C(=O)NC[C@@H]2CF. The van der Waals surface area contributed by atoms with Gasteiger partial charge in [-0.25, -0.2) is 0 Å². The number of aromatic nitrogens is 2. The number of fused-ring (bicyclic) bond motifs is 1. The molecule has 10 heteroatoms. The Balaban J connectivity index is 1.63. The molecule has 0 unspecified atom stereocenters. The number of anilines is 2. The summed E-state index contributed by atoms with van der Waals surface area (Å²) in [4.78, 5) is 20.5. The molecule has 4 heterocycles. The standard InChI is InChI=1S/C24H24ClFN4O4/c1-32-23-16(25)3-2-4-17(23)29-22-19-20(13(9-26)10-28-24(19)31)30-21(22)15-5-7-27-11-18(15)34-12-14-6-8-33-14/h2-5,7,11,13-14,29-30H,6,8-10,12H2,1H3,(H,28,31)/t13-,14+/m0/s1. The van der Waals surface area contributed by atoms with E-state index in [0.29, 0.717) is 57.0 Å². The van der Waals surface area contributed by atoms with Crippen molar-refractivity contribution in [3.63, 3.8) is 0 Å². The molecule has 3 aromatic rings. The van der Waals surface area contributed by atoms with E-state index < -0.39 is 12.6 Å². The normalized spacial score (nSPS) is 19.1. The van der Waals surface area contributed by atoms with Crippen molar-refractivity contribution in [2.45, 2.75) is 18.4 Å². The molecule has 1 aromatic carbocycles. The number of carbonyl (C=O) groups excluding carboxylic acids is 1. The molecule has 178 valence electrons. The fourth-order valence-electron chi connectivity index (χ4n) is 4.18. The summed E-state index contributed by atoms with van der Waals surface area (Å²) >= 11 is 6.32. The molecule has 5 rings (SSSR count). The van der Waals surface area contributed by atoms with Gasteiger partial charge in [-0.05, 0) is 18.2 Å². The number of amides is 1. The van der Waals surface area contributed by atoms with Crippen LogP contribution in [0.3, 0.4) is 0 Å². The molecule has 2 aromatic heterocycles. The molecular weight excluding hydrogens is 463 g/mol. The number of hydrogen-bond donors (Lipinski definition) is 3. The highest BCUT2D eigenvalue weighted by molar-refractivity contribution is 6.32. The van der Waals surface area contributed by atoms with E-state index in [1.165, 1.54) is 7.11 Å². The average Bonchev–Trinajstić information content (AvgIpc) is 3.19. The summed E-state index contributed by atoms with van der Waals surface area (Å²) in [5, 5.41) is 6.50. The predicted molar refractivity (Wildman–Crippen MR) is 126 cm³/mol. The highest BCUT2D eigenvalue weighted by atomic mass is 35.5. The Morgan fingerprint density at radius 1 is 1.35 bits per heavy atom. The zero-order chi connectivity index (χ0) is 23.7. The second-order valence-corrected chi connectivity index (χ2v) is 8.54. The number of hydrogen-bond acceptors (Lipinski definition) is 6. The molecule has 1 amide bonds. The fourth-order valence-corrected chi connectivity index (χ4v) is 4.43. The highest BCUT2D eigenvalue weighted by Gasteiger charge is 2.34. The van der Waals surface area contributed by atoms with Gasteiger partial charge in [-0.1, -0.05) is 17.7 Å². The van der Waals surface area contributed by atoms with Crippen molar-refractivity contribution in [2.75, 3.05) is 38.9 Å². The van der Waals surface area contributed by atoms with Crippen molar-refractivity contribution in [1.29, 1.82) is 0 Å². The Bertz CT molecular complexity index is 1210. The first-order chi connectivity index (χ1) is 16.6. The van der Waals surface area contributed by atoms with E-state index in [-0.39, 0.29) is 18.6 Å². The lowest BCUT2D eigenvalue weighted by atomic mass is 9.97. The summed E-state index contributed by atoms with van der Waals surface area (Å²) < 4.78 is 30.8. The van der Waals surface area contributed by atoms with Gasteiger partial charge in [-0.3, -0.25) is 14.2 Å². The Labute approximate surface area is 200 Å². The monoisotopic (exact) mass is 486 g/mol. The van der Waals surface area contributed by atoms with Gasteiger partial charge < -0.3 is 29.8 Å². The number of alkyl halides is 1. The molecule has 2 aliphatic rings. The topological polar surface area (TPSA) is 97.5 Å². The number of H-pyrrole nitrogens is 1. The van der Waals surface area contributed by atoms with Crippen molar-refractivity contribution in [1.82, 2.24) is 15.3 Å². The number of rotatable bonds is 8. The summed E-state index contributed by atoms with van der Waals surface area (Å²) in [5.74, 6) is 0.148. The van der Waals surface area contributed by atoms with Gasteiger partial charge in [0.15, 0.2) is 5.75 Å². The summed E-state index contributed by atoms with van der Waals surface area (Å²) in [6.45, 7) is 0.705. The van der Waals surface area contributed by atoms with Crippen molar-refractivity contribution in [3.8, 4) is 22.8 Å². The van der Waals surface area contributed by atoms with Crippen molar-refractivity contribution < 1.29 is 23.4 Å². The molecule has 34 heavy (non-hydrogen) atoms. The van der Waals surface area contributed by atoms with Gasteiger partial charge in [0.2, 0.25) is 0 Å². The molecule has 2 aliphatic heterocycles. The number of benzene rings is 1. The maximum absolute atomic E-state index is 13.9. The van der Waals surface area contributed by atoms with Crippen LogP contribution >= 0.6 is 11.6 Å². The smallest absolute Gasteiger partial charge is 0.255 e. The molecule has 3 N–H and O–H groups in total. The van der Waals surface area contributed by atoms with Gasteiger partial charge in [0.05, 0.1) is 53.7 Å². The lowest BCUT2D eigenvalue weighted by molar-refractivity contribution is -0.0720. The quantitative estimate of drug-likeness (QED) is 0.435. The van der Waals surface area contributed by atoms with Gasteiger partial charge in [-0.2, -0.15) is 0 Å². The van der Waals surface area contributed by atoms with E-state index in [0.717, 1.165) is 13.0 Å². The number of pyridine rings is 1. The van der Waals surface area contributed by atoms with Crippen LogP contribution in [0.5, 0.6) is 11.5 Å². The maximum atomic E-state index is 13.9. The maximum Gasteiger partial charge on any atom is 0.255 e. The summed E-state index contributed by atoms with van der Waals surface area (Å²) in [7, 11) is 1.52. The first kappa shape index (κ1) is 22.5. The van der Waals surface area contributed by atoms with Gasteiger partial charge in [0, 0.05) is 42.9 Å². The van der Waals surface area contributed by atoms with E-state index in [1.807, 2.05) is 0 Å². The molecule has 1 fully saturated rings. The van der Waals surface area contributed by atoms with Crippen LogP contribution in [0.15, 0.2) is 36.7 Å². The molecule has 2 atom stereocenters. The van der Waals surface area contributed by atoms with Gasteiger partial charge >= 0.3 is 0 Å². The van der Waals surface area contributed by atoms with E-state index in [1.54, 1.807) is 36.7 Å². The lowest BCUT2D eigenvalue weighted by Crippen LogP contribution is -2.35. The molecular formula is C24H24ClFN4O4. The number of nitrogens with zero attached hydrogens (tertiary/aromatic N) is 1. The number of halogens is 2. The minimum absolute atomic E-state index is 0.0416. The second-order valence-electron chi connectivity index (χ2n) is 8.13. The molecule has 0 saturated carbocycles. The Hall–Kier alpha value is -3.30. The van der Waals surface area contributed by atoms with Gasteiger partial charge in [0.25, 0.3) is 5.91 Å². The van der Waals surface area contributed by atoms with Crippen LogP contribution in [0.1, 0.15) is 28.4 Å². The zero-order valence-corrected chi connectivity index (χ0v) is 19.2. The van der Waals surface area contributed by atoms with E-state index in [9.17, 15) is 9.18 Å². The predicted octanol–water partition coefficient (Wildman–Crippen LogP) is 4.45. The molecule has 0 aliphatic carbocycles. The lowest BCUT2D eigenvalue weighted by Gasteiger charge is -2.26. The van der Waals surface area contributed by atoms with E-state index >= 15 is 0 Å². The average molecular weight is 487 g/mol. The van der Waals surface area contributed by atoms with Gasteiger partial charge in [0.1, 0.15) is 12.4 Å². The van der Waals surface area contributed by atoms with Crippen molar-refractivity contribution in [3.05, 3.63) is 52.9 Å². The summed E-state index contributed by atoms with van der Waals surface area (Å²) in [5.41, 5.74) is 3.16. The Morgan fingerprint density at radius 2 is 2.21 bits per heavy atom. The fraction of sp³-hybridized carbons (Fsp3) is 0.333. The minimum atomic E-state index is -0.619. The van der Waals surface area contributed by atoms with Crippen LogP contribution in [0.2, 0.25) is 5.02 Å². The molecule has 0 bridgehead atoms. The Kier molecular flexibility index (Phi) is 6.30. The summed E-state index contributed by atoms with van der Waals surface area (Å²) in [6, 6.07) is 7.06. The number of aromatic amines is 1.